The lowest BCUT2D eigenvalue weighted by Gasteiger charge is -2.42. The molecule has 2 aromatic heterocycles. The third kappa shape index (κ3) is 2.31. The van der Waals surface area contributed by atoms with E-state index in [9.17, 15) is 9.59 Å². The third-order valence-corrected chi connectivity index (χ3v) is 5.04. The number of furan rings is 1. The van der Waals surface area contributed by atoms with Crippen molar-refractivity contribution < 1.29 is 9.21 Å². The van der Waals surface area contributed by atoms with E-state index >= 15 is 0 Å². The minimum Gasteiger partial charge on any atom is -0.466 e. The summed E-state index contributed by atoms with van der Waals surface area (Å²) >= 11 is 0. The van der Waals surface area contributed by atoms with E-state index in [0.29, 0.717) is 36.9 Å². The SMILES string of the molecule is Cc1cc(C(=O)N2C[C@H]3C[C@@H](C2)c2cccc(=O)n2C3)c(C)o1. The van der Waals surface area contributed by atoms with Gasteiger partial charge >= 0.3 is 0 Å². The zero-order chi connectivity index (χ0) is 16.1. The van der Waals surface area contributed by atoms with E-state index in [4.69, 9.17) is 4.42 Å². The van der Waals surface area contributed by atoms with Gasteiger partial charge in [0.2, 0.25) is 0 Å². The van der Waals surface area contributed by atoms with E-state index in [1.807, 2.05) is 41.5 Å². The molecule has 1 amide bonds. The first-order valence-electron chi connectivity index (χ1n) is 8.09. The molecule has 2 atom stereocenters. The van der Waals surface area contributed by atoms with Crippen molar-refractivity contribution in [3.05, 3.63) is 57.4 Å². The van der Waals surface area contributed by atoms with Crippen LogP contribution >= 0.6 is 0 Å². The molecule has 4 rings (SSSR count). The van der Waals surface area contributed by atoms with Crippen LogP contribution < -0.4 is 5.56 Å². The average Bonchev–Trinajstić information content (AvgIpc) is 2.86. The predicted molar refractivity (Wildman–Crippen MR) is 85.6 cm³/mol. The molecule has 1 saturated heterocycles. The van der Waals surface area contributed by atoms with E-state index in [2.05, 4.69) is 0 Å². The summed E-state index contributed by atoms with van der Waals surface area (Å²) in [6, 6.07) is 7.27. The molecule has 4 heterocycles. The second-order valence-corrected chi connectivity index (χ2v) is 6.74. The lowest BCUT2D eigenvalue weighted by molar-refractivity contribution is 0.0593. The van der Waals surface area contributed by atoms with Gasteiger partial charge in [-0.15, -0.1) is 0 Å². The second kappa shape index (κ2) is 5.11. The Kier molecular flexibility index (Phi) is 3.18. The molecule has 5 nitrogen and oxygen atoms in total. The number of aromatic nitrogens is 1. The number of hydrogen-bond donors (Lipinski definition) is 0. The summed E-state index contributed by atoms with van der Waals surface area (Å²) in [6.45, 7) is 5.78. The molecule has 1 fully saturated rings. The Balaban J connectivity index is 1.65. The van der Waals surface area contributed by atoms with Crippen LogP contribution in [0.2, 0.25) is 0 Å². The number of nitrogens with zero attached hydrogens (tertiary/aromatic N) is 2. The number of rotatable bonds is 1. The van der Waals surface area contributed by atoms with Gasteiger partial charge in [0.1, 0.15) is 11.5 Å². The smallest absolute Gasteiger partial charge is 0.257 e. The van der Waals surface area contributed by atoms with Crippen LogP contribution in [0.25, 0.3) is 0 Å². The molecule has 120 valence electrons. The molecule has 5 heteroatoms. The molecule has 0 radical (unpaired) electrons. The van der Waals surface area contributed by atoms with Gasteiger partial charge in [0, 0.05) is 37.3 Å². The molecule has 2 bridgehead atoms. The van der Waals surface area contributed by atoms with Gasteiger partial charge in [-0.1, -0.05) is 6.07 Å². The fourth-order valence-corrected chi connectivity index (χ4v) is 4.08. The highest BCUT2D eigenvalue weighted by atomic mass is 16.3. The Morgan fingerprint density at radius 3 is 2.78 bits per heavy atom. The maximum atomic E-state index is 12.8. The summed E-state index contributed by atoms with van der Waals surface area (Å²) in [5.41, 5.74) is 1.79. The van der Waals surface area contributed by atoms with Gasteiger partial charge in [0.15, 0.2) is 0 Å². The molecular formula is C18H20N2O3. The first kappa shape index (κ1) is 14.3. The molecule has 23 heavy (non-hydrogen) atoms. The molecule has 0 N–H and O–H groups in total. The van der Waals surface area contributed by atoms with Gasteiger partial charge in [-0.2, -0.15) is 0 Å². The minimum absolute atomic E-state index is 0.0424. The number of fused-ring (bicyclic) bond motifs is 4. The minimum atomic E-state index is 0.0424. The number of carbonyl (C=O) groups excluding carboxylic acids is 1. The third-order valence-electron chi connectivity index (χ3n) is 5.04. The standard InChI is InChI=1S/C18H20N2O3/c1-11-6-15(12(2)23-11)18(22)19-8-13-7-14(10-19)16-4-3-5-17(21)20(16)9-13/h3-6,13-14H,7-10H2,1-2H3/t13-,14+/m1/s1. The molecule has 0 unspecified atom stereocenters. The topological polar surface area (TPSA) is 55.5 Å². The molecule has 2 aromatic rings. The lowest BCUT2D eigenvalue weighted by Crippen LogP contribution is -2.49. The first-order chi connectivity index (χ1) is 11.0. The first-order valence-corrected chi connectivity index (χ1v) is 8.09. The maximum absolute atomic E-state index is 12.8. The summed E-state index contributed by atoms with van der Waals surface area (Å²) in [6.07, 6.45) is 1.05. The fraction of sp³-hybridized carbons (Fsp3) is 0.444. The highest BCUT2D eigenvalue weighted by Gasteiger charge is 2.37. The monoisotopic (exact) mass is 312 g/mol. The number of carbonyl (C=O) groups is 1. The van der Waals surface area contributed by atoms with Crippen molar-refractivity contribution in [1.29, 1.82) is 0 Å². The summed E-state index contributed by atoms with van der Waals surface area (Å²) in [7, 11) is 0. The predicted octanol–water partition coefficient (Wildman–Crippen LogP) is 2.32. The quantitative estimate of drug-likeness (QED) is 0.812. The van der Waals surface area contributed by atoms with Crippen LogP contribution in [0.5, 0.6) is 0 Å². The van der Waals surface area contributed by atoms with Gasteiger partial charge in [-0.05, 0) is 38.3 Å². The second-order valence-electron chi connectivity index (χ2n) is 6.74. The lowest BCUT2D eigenvalue weighted by atomic mass is 9.83. The van der Waals surface area contributed by atoms with Crippen LogP contribution in [0.4, 0.5) is 0 Å². The van der Waals surface area contributed by atoms with Crippen molar-refractivity contribution in [2.45, 2.75) is 32.7 Å². The Bertz CT molecular complexity index is 833. The van der Waals surface area contributed by atoms with Gasteiger partial charge in [0.05, 0.1) is 5.56 Å². The molecule has 2 aliphatic heterocycles. The Morgan fingerprint density at radius 1 is 1.22 bits per heavy atom. The number of piperidine rings is 1. The maximum Gasteiger partial charge on any atom is 0.257 e. The van der Waals surface area contributed by atoms with Crippen LogP contribution in [0, 0.1) is 19.8 Å². The van der Waals surface area contributed by atoms with Crippen molar-refractivity contribution in [2.75, 3.05) is 13.1 Å². The zero-order valence-corrected chi connectivity index (χ0v) is 13.4. The summed E-state index contributed by atoms with van der Waals surface area (Å²) < 4.78 is 7.38. The van der Waals surface area contributed by atoms with Gasteiger partial charge in [-0.25, -0.2) is 0 Å². The van der Waals surface area contributed by atoms with Crippen molar-refractivity contribution in [3.8, 4) is 0 Å². The number of hydrogen-bond acceptors (Lipinski definition) is 3. The van der Waals surface area contributed by atoms with Crippen molar-refractivity contribution in [2.24, 2.45) is 5.92 Å². The zero-order valence-electron chi connectivity index (χ0n) is 13.4. The number of amides is 1. The molecule has 2 aliphatic rings. The van der Waals surface area contributed by atoms with Crippen LogP contribution in [0.1, 0.15) is 39.9 Å². The van der Waals surface area contributed by atoms with Crippen molar-refractivity contribution in [1.82, 2.24) is 9.47 Å². The number of aryl methyl sites for hydroxylation is 2. The molecule has 0 saturated carbocycles. The largest absolute Gasteiger partial charge is 0.466 e. The van der Waals surface area contributed by atoms with E-state index in [1.165, 1.54) is 0 Å². The summed E-state index contributed by atoms with van der Waals surface area (Å²) in [4.78, 5) is 26.8. The molecular weight excluding hydrogens is 292 g/mol. The fourth-order valence-electron chi connectivity index (χ4n) is 4.08. The average molecular weight is 312 g/mol. The molecule has 0 aromatic carbocycles. The van der Waals surface area contributed by atoms with Gasteiger partial charge in [0.25, 0.3) is 11.5 Å². The van der Waals surface area contributed by atoms with Gasteiger partial charge in [-0.3, -0.25) is 9.59 Å². The van der Waals surface area contributed by atoms with Gasteiger partial charge < -0.3 is 13.9 Å². The van der Waals surface area contributed by atoms with Crippen molar-refractivity contribution in [3.63, 3.8) is 0 Å². The number of pyridine rings is 1. The Morgan fingerprint density at radius 2 is 2.04 bits per heavy atom. The Labute approximate surface area is 134 Å². The number of likely N-dealkylation sites (tertiary alicyclic amines) is 1. The van der Waals surface area contributed by atoms with Crippen LogP contribution in [-0.4, -0.2) is 28.5 Å². The molecule has 0 spiro atoms. The van der Waals surface area contributed by atoms with Crippen LogP contribution in [0.15, 0.2) is 33.5 Å². The molecule has 0 aliphatic carbocycles. The Hall–Kier alpha value is -2.30. The summed E-state index contributed by atoms with van der Waals surface area (Å²) in [5.74, 6) is 2.08. The van der Waals surface area contributed by atoms with E-state index in [-0.39, 0.29) is 17.4 Å². The highest BCUT2D eigenvalue weighted by Crippen LogP contribution is 2.35. The van der Waals surface area contributed by atoms with E-state index in [0.717, 1.165) is 17.9 Å². The highest BCUT2D eigenvalue weighted by molar-refractivity contribution is 5.95. The van der Waals surface area contributed by atoms with Crippen LogP contribution in [0.3, 0.4) is 0 Å². The van der Waals surface area contributed by atoms with E-state index in [1.54, 1.807) is 6.07 Å². The van der Waals surface area contributed by atoms with Crippen LogP contribution in [-0.2, 0) is 6.54 Å². The normalized spacial score (nSPS) is 22.8. The van der Waals surface area contributed by atoms with Crippen molar-refractivity contribution >= 4 is 5.91 Å². The summed E-state index contributed by atoms with van der Waals surface area (Å²) in [5, 5.41) is 0. The van der Waals surface area contributed by atoms with E-state index < -0.39 is 0 Å².